The number of aryl methyl sites for hydroxylation is 2. The summed E-state index contributed by atoms with van der Waals surface area (Å²) >= 11 is 6.14. The van der Waals surface area contributed by atoms with Gasteiger partial charge in [0.1, 0.15) is 0 Å². The first-order chi connectivity index (χ1) is 6.72. The zero-order valence-electron chi connectivity index (χ0n) is 8.96. The number of aromatic nitrogens is 1. The summed E-state index contributed by atoms with van der Waals surface area (Å²) < 4.78 is 0. The number of pyridine rings is 1. The van der Waals surface area contributed by atoms with Crippen molar-refractivity contribution in [2.45, 2.75) is 44.9 Å². The van der Waals surface area contributed by atoms with Gasteiger partial charge in [0.2, 0.25) is 0 Å². The van der Waals surface area contributed by atoms with E-state index >= 15 is 0 Å². The lowest BCUT2D eigenvalue weighted by atomic mass is 10.1. The van der Waals surface area contributed by atoms with E-state index in [-0.39, 0.29) is 0 Å². The van der Waals surface area contributed by atoms with Crippen LogP contribution >= 0.6 is 11.6 Å². The molecule has 0 bridgehead atoms. The Labute approximate surface area is 91.5 Å². The van der Waals surface area contributed by atoms with Crippen molar-refractivity contribution in [1.82, 2.24) is 4.98 Å². The van der Waals surface area contributed by atoms with E-state index in [0.29, 0.717) is 5.38 Å². The molecule has 0 N–H and O–H groups in total. The number of hydrogen-bond donors (Lipinski definition) is 0. The van der Waals surface area contributed by atoms with E-state index in [9.17, 15) is 0 Å². The number of nitrogens with zero attached hydrogens (tertiary/aromatic N) is 1. The Kier molecular flexibility index (Phi) is 4.95. The number of hydrogen-bond acceptors (Lipinski definition) is 1. The quantitative estimate of drug-likeness (QED) is 0.677. The van der Waals surface area contributed by atoms with Gasteiger partial charge < -0.3 is 0 Å². The maximum Gasteiger partial charge on any atom is 0.0372 e. The lowest BCUT2D eigenvalue weighted by Gasteiger charge is -2.07. The molecule has 1 nitrogen and oxygen atoms in total. The monoisotopic (exact) mass is 211 g/mol. The van der Waals surface area contributed by atoms with Crippen LogP contribution in [0.3, 0.4) is 0 Å². The third-order valence-corrected chi connectivity index (χ3v) is 2.76. The summed E-state index contributed by atoms with van der Waals surface area (Å²) in [5.41, 5.74) is 2.36. The molecule has 2 heteroatoms. The molecule has 1 aromatic heterocycles. The molecule has 14 heavy (non-hydrogen) atoms. The van der Waals surface area contributed by atoms with Gasteiger partial charge in [-0.15, -0.1) is 11.6 Å². The van der Waals surface area contributed by atoms with Crippen LogP contribution in [0.5, 0.6) is 0 Å². The molecule has 1 unspecified atom stereocenters. The molecule has 1 heterocycles. The second-order valence-corrected chi connectivity index (χ2v) is 4.35. The van der Waals surface area contributed by atoms with Gasteiger partial charge in [-0.05, 0) is 37.8 Å². The standard InChI is InChI=1S/C12H18ClN/c1-3-4-12(13)8-7-11-6-5-10(2)14-9-11/h5-6,9,12H,3-4,7-8H2,1-2H3. The highest BCUT2D eigenvalue weighted by Gasteiger charge is 2.03. The third kappa shape index (κ3) is 4.10. The lowest BCUT2D eigenvalue weighted by Crippen LogP contribution is -2.00. The van der Waals surface area contributed by atoms with Gasteiger partial charge in [0, 0.05) is 17.3 Å². The lowest BCUT2D eigenvalue weighted by molar-refractivity contribution is 0.675. The third-order valence-electron chi connectivity index (χ3n) is 2.32. The fourth-order valence-electron chi connectivity index (χ4n) is 1.43. The minimum Gasteiger partial charge on any atom is -0.261 e. The fourth-order valence-corrected chi connectivity index (χ4v) is 1.75. The normalized spacial score (nSPS) is 12.8. The molecule has 1 rings (SSSR count). The topological polar surface area (TPSA) is 12.9 Å². The van der Waals surface area contributed by atoms with Crippen LogP contribution in [-0.4, -0.2) is 10.4 Å². The highest BCUT2D eigenvalue weighted by Crippen LogP contribution is 2.13. The first-order valence-corrected chi connectivity index (χ1v) is 5.71. The minimum absolute atomic E-state index is 0.321. The average Bonchev–Trinajstić information content (AvgIpc) is 2.17. The van der Waals surface area contributed by atoms with E-state index in [1.54, 1.807) is 0 Å². The van der Waals surface area contributed by atoms with E-state index in [0.717, 1.165) is 25.0 Å². The number of rotatable bonds is 5. The number of alkyl halides is 1. The van der Waals surface area contributed by atoms with Crippen molar-refractivity contribution >= 4 is 11.6 Å². The van der Waals surface area contributed by atoms with Gasteiger partial charge >= 0.3 is 0 Å². The Morgan fingerprint density at radius 2 is 2.14 bits per heavy atom. The van der Waals surface area contributed by atoms with Crippen molar-refractivity contribution in [1.29, 1.82) is 0 Å². The Morgan fingerprint density at radius 3 is 2.71 bits per heavy atom. The van der Waals surface area contributed by atoms with Gasteiger partial charge in [0.05, 0.1) is 0 Å². The van der Waals surface area contributed by atoms with Gasteiger partial charge in [-0.3, -0.25) is 4.98 Å². The molecule has 0 aromatic carbocycles. The fraction of sp³-hybridized carbons (Fsp3) is 0.583. The van der Waals surface area contributed by atoms with Crippen LogP contribution in [0.1, 0.15) is 37.4 Å². The van der Waals surface area contributed by atoms with Crippen molar-refractivity contribution in [2.75, 3.05) is 0 Å². The van der Waals surface area contributed by atoms with Crippen LogP contribution in [-0.2, 0) is 6.42 Å². The maximum absolute atomic E-state index is 6.14. The Hall–Kier alpha value is -0.560. The molecule has 0 radical (unpaired) electrons. The van der Waals surface area contributed by atoms with Crippen molar-refractivity contribution < 1.29 is 0 Å². The molecule has 0 saturated carbocycles. The van der Waals surface area contributed by atoms with E-state index in [2.05, 4.69) is 24.0 Å². The summed E-state index contributed by atoms with van der Waals surface area (Å²) in [4.78, 5) is 4.26. The first-order valence-electron chi connectivity index (χ1n) is 5.28. The van der Waals surface area contributed by atoms with E-state index < -0.39 is 0 Å². The molecule has 1 aromatic rings. The maximum atomic E-state index is 6.14. The van der Waals surface area contributed by atoms with Crippen LogP contribution in [0.2, 0.25) is 0 Å². The molecule has 1 atom stereocenters. The Morgan fingerprint density at radius 1 is 1.36 bits per heavy atom. The smallest absolute Gasteiger partial charge is 0.0372 e. The predicted molar refractivity (Wildman–Crippen MR) is 61.8 cm³/mol. The molecule has 0 spiro atoms. The molecule has 78 valence electrons. The van der Waals surface area contributed by atoms with Gasteiger partial charge in [-0.2, -0.15) is 0 Å². The van der Waals surface area contributed by atoms with Crippen molar-refractivity contribution in [2.24, 2.45) is 0 Å². The molecule has 0 amide bonds. The van der Waals surface area contributed by atoms with Gasteiger partial charge in [0.25, 0.3) is 0 Å². The molecular formula is C12H18ClN. The highest BCUT2D eigenvalue weighted by molar-refractivity contribution is 6.20. The molecule has 0 aliphatic heterocycles. The zero-order chi connectivity index (χ0) is 10.4. The van der Waals surface area contributed by atoms with E-state index in [4.69, 9.17) is 11.6 Å². The second kappa shape index (κ2) is 6.02. The van der Waals surface area contributed by atoms with Crippen molar-refractivity contribution in [3.05, 3.63) is 29.6 Å². The first kappa shape index (κ1) is 11.5. The van der Waals surface area contributed by atoms with Crippen molar-refractivity contribution in [3.63, 3.8) is 0 Å². The van der Waals surface area contributed by atoms with Gasteiger partial charge in [-0.25, -0.2) is 0 Å². The minimum atomic E-state index is 0.321. The second-order valence-electron chi connectivity index (χ2n) is 3.73. The molecule has 0 aliphatic rings. The van der Waals surface area contributed by atoms with E-state index in [1.165, 1.54) is 12.0 Å². The molecule has 0 aliphatic carbocycles. The molecular weight excluding hydrogens is 194 g/mol. The van der Waals surface area contributed by atoms with Crippen LogP contribution in [0.15, 0.2) is 18.3 Å². The SMILES string of the molecule is CCCC(Cl)CCc1ccc(C)nc1. The van der Waals surface area contributed by atoms with Crippen molar-refractivity contribution in [3.8, 4) is 0 Å². The summed E-state index contributed by atoms with van der Waals surface area (Å²) in [6, 6.07) is 4.19. The van der Waals surface area contributed by atoms with Crippen LogP contribution in [0.4, 0.5) is 0 Å². The molecule has 0 saturated heterocycles. The van der Waals surface area contributed by atoms with Crippen LogP contribution in [0, 0.1) is 6.92 Å². The largest absolute Gasteiger partial charge is 0.261 e. The van der Waals surface area contributed by atoms with Crippen LogP contribution < -0.4 is 0 Å². The summed E-state index contributed by atoms with van der Waals surface area (Å²) in [5, 5.41) is 0.321. The average molecular weight is 212 g/mol. The van der Waals surface area contributed by atoms with Crippen LogP contribution in [0.25, 0.3) is 0 Å². The zero-order valence-corrected chi connectivity index (χ0v) is 9.72. The summed E-state index contributed by atoms with van der Waals surface area (Å²) in [6.07, 6.45) is 6.33. The van der Waals surface area contributed by atoms with E-state index in [1.807, 2.05) is 13.1 Å². The number of halogens is 1. The highest BCUT2D eigenvalue weighted by atomic mass is 35.5. The predicted octanol–water partition coefficient (Wildman–Crippen LogP) is 3.73. The van der Waals surface area contributed by atoms with Gasteiger partial charge in [0.15, 0.2) is 0 Å². The Balaban J connectivity index is 2.34. The summed E-state index contributed by atoms with van der Waals surface area (Å²) in [6.45, 7) is 4.17. The summed E-state index contributed by atoms with van der Waals surface area (Å²) in [7, 11) is 0. The Bertz CT molecular complexity index is 256. The summed E-state index contributed by atoms with van der Waals surface area (Å²) in [5.74, 6) is 0. The van der Waals surface area contributed by atoms with Gasteiger partial charge in [-0.1, -0.05) is 19.4 Å². The molecule has 0 fully saturated rings.